The molecule has 0 saturated carbocycles. The summed E-state index contributed by atoms with van der Waals surface area (Å²) in [5.41, 5.74) is 10.0. The van der Waals surface area contributed by atoms with Crippen molar-refractivity contribution in [2.24, 2.45) is 0 Å². The zero-order valence-corrected chi connectivity index (χ0v) is 9.47. The molecule has 0 spiro atoms. The summed E-state index contributed by atoms with van der Waals surface area (Å²) in [5.74, 6) is 0. The standard InChI is InChI=1S/C13H13NS/c1-9-2-7-13(15)12(8-9)10-3-5-11(14)6-4-10/h2-6,8H,7,14H2,1H3. The van der Waals surface area contributed by atoms with Crippen molar-refractivity contribution in [1.29, 1.82) is 0 Å². The van der Waals surface area contributed by atoms with E-state index in [0.29, 0.717) is 0 Å². The number of nitrogens with two attached hydrogens (primary N) is 1. The van der Waals surface area contributed by atoms with Gasteiger partial charge in [-0.15, -0.1) is 0 Å². The lowest BCUT2D eigenvalue weighted by Crippen LogP contribution is -2.02. The number of nitrogen functional groups attached to an aromatic ring is 1. The fourth-order valence-corrected chi connectivity index (χ4v) is 1.90. The van der Waals surface area contributed by atoms with E-state index in [9.17, 15) is 0 Å². The van der Waals surface area contributed by atoms with Crippen molar-refractivity contribution in [1.82, 2.24) is 0 Å². The maximum atomic E-state index is 5.65. The minimum Gasteiger partial charge on any atom is -0.399 e. The van der Waals surface area contributed by atoms with E-state index < -0.39 is 0 Å². The summed E-state index contributed by atoms with van der Waals surface area (Å²) in [4.78, 5) is 1.00. The van der Waals surface area contributed by atoms with E-state index in [1.807, 2.05) is 24.3 Å². The molecule has 0 heterocycles. The van der Waals surface area contributed by atoms with Gasteiger partial charge in [-0.3, -0.25) is 0 Å². The summed E-state index contributed by atoms with van der Waals surface area (Å²) in [7, 11) is 0. The largest absolute Gasteiger partial charge is 0.399 e. The van der Waals surface area contributed by atoms with Gasteiger partial charge < -0.3 is 5.73 Å². The quantitative estimate of drug-likeness (QED) is 0.574. The fraction of sp³-hybridized carbons (Fsp3) is 0.154. The lowest BCUT2D eigenvalue weighted by molar-refractivity contribution is 1.38. The summed E-state index contributed by atoms with van der Waals surface area (Å²) in [6.07, 6.45) is 5.16. The van der Waals surface area contributed by atoms with Gasteiger partial charge in [0.25, 0.3) is 0 Å². The van der Waals surface area contributed by atoms with E-state index in [0.717, 1.165) is 28.1 Å². The Morgan fingerprint density at radius 1 is 1.20 bits per heavy atom. The first-order chi connectivity index (χ1) is 7.16. The van der Waals surface area contributed by atoms with Gasteiger partial charge >= 0.3 is 0 Å². The SMILES string of the molecule is CC1=CCC(=S)C(c2ccc(N)cc2)=C1. The van der Waals surface area contributed by atoms with E-state index in [4.69, 9.17) is 18.0 Å². The van der Waals surface area contributed by atoms with Gasteiger partial charge in [0.15, 0.2) is 0 Å². The first-order valence-corrected chi connectivity index (χ1v) is 5.35. The van der Waals surface area contributed by atoms with Crippen LogP contribution < -0.4 is 5.73 Å². The Morgan fingerprint density at radius 3 is 2.53 bits per heavy atom. The van der Waals surface area contributed by atoms with Crippen molar-refractivity contribution in [2.45, 2.75) is 13.3 Å². The third-order valence-electron chi connectivity index (χ3n) is 2.50. The maximum absolute atomic E-state index is 5.65. The number of hydrogen-bond acceptors (Lipinski definition) is 2. The zero-order valence-electron chi connectivity index (χ0n) is 8.66. The van der Waals surface area contributed by atoms with Crippen molar-refractivity contribution < 1.29 is 0 Å². The second-order valence-electron chi connectivity index (χ2n) is 3.76. The summed E-state index contributed by atoms with van der Waals surface area (Å²) >= 11 is 5.35. The Morgan fingerprint density at radius 2 is 1.87 bits per heavy atom. The lowest BCUT2D eigenvalue weighted by atomic mass is 9.94. The molecule has 1 aromatic rings. The summed E-state index contributed by atoms with van der Waals surface area (Å²) < 4.78 is 0. The third-order valence-corrected chi connectivity index (χ3v) is 2.89. The molecule has 0 unspecified atom stereocenters. The molecule has 0 radical (unpaired) electrons. The van der Waals surface area contributed by atoms with Crippen LogP contribution in [-0.2, 0) is 0 Å². The molecule has 0 amide bonds. The Bertz CT molecular complexity index is 452. The van der Waals surface area contributed by atoms with E-state index in [2.05, 4.69) is 19.1 Å². The van der Waals surface area contributed by atoms with Gasteiger partial charge in [-0.1, -0.05) is 42.1 Å². The highest BCUT2D eigenvalue weighted by Crippen LogP contribution is 2.25. The number of hydrogen-bond donors (Lipinski definition) is 1. The van der Waals surface area contributed by atoms with Crippen LogP contribution in [0.25, 0.3) is 5.57 Å². The van der Waals surface area contributed by atoms with Crippen LogP contribution in [0.2, 0.25) is 0 Å². The van der Waals surface area contributed by atoms with Gasteiger partial charge in [0, 0.05) is 17.0 Å². The van der Waals surface area contributed by atoms with Gasteiger partial charge in [0.2, 0.25) is 0 Å². The van der Waals surface area contributed by atoms with Crippen LogP contribution in [0.3, 0.4) is 0 Å². The first kappa shape index (κ1) is 10.1. The molecule has 1 nitrogen and oxygen atoms in total. The number of benzene rings is 1. The van der Waals surface area contributed by atoms with Crippen LogP contribution >= 0.6 is 12.2 Å². The number of rotatable bonds is 1. The van der Waals surface area contributed by atoms with Gasteiger partial charge in [-0.2, -0.15) is 0 Å². The Kier molecular flexibility index (Phi) is 2.69. The Hall–Kier alpha value is -1.41. The topological polar surface area (TPSA) is 26.0 Å². The van der Waals surface area contributed by atoms with E-state index >= 15 is 0 Å². The second-order valence-corrected chi connectivity index (χ2v) is 4.25. The molecule has 1 aliphatic rings. The second kappa shape index (κ2) is 3.99. The normalized spacial score (nSPS) is 15.9. The number of thiocarbonyl (C=S) groups is 1. The zero-order chi connectivity index (χ0) is 10.8. The monoisotopic (exact) mass is 215 g/mol. The van der Waals surface area contributed by atoms with Gasteiger partial charge in [-0.05, 0) is 30.2 Å². The summed E-state index contributed by atoms with van der Waals surface area (Å²) in [6, 6.07) is 7.86. The minimum atomic E-state index is 0.786. The Balaban J connectivity index is 2.42. The highest BCUT2D eigenvalue weighted by molar-refractivity contribution is 7.81. The average molecular weight is 215 g/mol. The van der Waals surface area contributed by atoms with Crippen molar-refractivity contribution >= 4 is 28.3 Å². The summed E-state index contributed by atoms with van der Waals surface area (Å²) in [6.45, 7) is 2.10. The molecule has 0 atom stereocenters. The molecule has 2 N–H and O–H groups in total. The molecule has 76 valence electrons. The molecule has 2 heteroatoms. The van der Waals surface area contributed by atoms with E-state index in [-0.39, 0.29) is 0 Å². The molecule has 0 fully saturated rings. The molecule has 2 rings (SSSR count). The molecule has 0 aliphatic heterocycles. The maximum Gasteiger partial charge on any atom is 0.0314 e. The third kappa shape index (κ3) is 2.16. The fourth-order valence-electron chi connectivity index (χ4n) is 1.64. The summed E-state index contributed by atoms with van der Waals surface area (Å²) in [5, 5.41) is 0. The van der Waals surface area contributed by atoms with Gasteiger partial charge in [-0.25, -0.2) is 0 Å². The van der Waals surface area contributed by atoms with Crippen LogP contribution in [0.1, 0.15) is 18.9 Å². The average Bonchev–Trinajstić information content (AvgIpc) is 2.23. The molecule has 0 aromatic heterocycles. The molecule has 1 aliphatic carbocycles. The number of allylic oxidation sites excluding steroid dienone is 4. The van der Waals surface area contributed by atoms with Crippen molar-refractivity contribution in [3.63, 3.8) is 0 Å². The van der Waals surface area contributed by atoms with E-state index in [1.165, 1.54) is 5.57 Å². The van der Waals surface area contributed by atoms with Gasteiger partial charge in [0.05, 0.1) is 0 Å². The Labute approximate surface area is 95.3 Å². The van der Waals surface area contributed by atoms with Crippen LogP contribution in [-0.4, -0.2) is 4.86 Å². The smallest absolute Gasteiger partial charge is 0.0314 e. The van der Waals surface area contributed by atoms with Crippen molar-refractivity contribution in [3.8, 4) is 0 Å². The van der Waals surface area contributed by atoms with Crippen LogP contribution in [0.5, 0.6) is 0 Å². The van der Waals surface area contributed by atoms with Crippen LogP contribution in [0.4, 0.5) is 5.69 Å². The first-order valence-electron chi connectivity index (χ1n) is 4.94. The predicted octanol–water partition coefficient (Wildman–Crippen LogP) is 3.37. The highest BCUT2D eigenvalue weighted by atomic mass is 32.1. The molecule has 1 aromatic carbocycles. The number of anilines is 1. The molecule has 0 bridgehead atoms. The molecule has 0 saturated heterocycles. The molecule has 15 heavy (non-hydrogen) atoms. The lowest BCUT2D eigenvalue weighted by Gasteiger charge is -2.13. The molecular formula is C13H13NS. The van der Waals surface area contributed by atoms with Crippen molar-refractivity contribution in [2.75, 3.05) is 5.73 Å². The predicted molar refractivity (Wildman–Crippen MR) is 69.8 cm³/mol. The minimum absolute atomic E-state index is 0.786. The molecular weight excluding hydrogens is 202 g/mol. The van der Waals surface area contributed by atoms with Crippen molar-refractivity contribution in [3.05, 3.63) is 47.6 Å². The van der Waals surface area contributed by atoms with Crippen LogP contribution in [0.15, 0.2) is 42.0 Å². The van der Waals surface area contributed by atoms with Gasteiger partial charge in [0.1, 0.15) is 0 Å². The highest BCUT2D eigenvalue weighted by Gasteiger charge is 2.10. The van der Waals surface area contributed by atoms with E-state index in [1.54, 1.807) is 0 Å². The van der Waals surface area contributed by atoms with Crippen LogP contribution in [0, 0.1) is 0 Å².